The van der Waals surface area contributed by atoms with E-state index in [1.165, 1.54) is 18.4 Å². The van der Waals surface area contributed by atoms with Gasteiger partial charge in [-0.05, 0) is 25.0 Å². The normalized spacial score (nSPS) is 17.2. The molecule has 21 heavy (non-hydrogen) atoms. The zero-order valence-electron chi connectivity index (χ0n) is 12.7. The average molecular weight is 310 g/mol. The first-order valence-electron chi connectivity index (χ1n) is 7.10. The van der Waals surface area contributed by atoms with Crippen molar-refractivity contribution < 1.29 is 13.2 Å². The van der Waals surface area contributed by atoms with Gasteiger partial charge in [0.25, 0.3) is 0 Å². The van der Waals surface area contributed by atoms with Gasteiger partial charge in [-0.25, -0.2) is 12.7 Å². The van der Waals surface area contributed by atoms with Gasteiger partial charge in [-0.1, -0.05) is 12.1 Å². The van der Waals surface area contributed by atoms with Crippen LogP contribution in [0.3, 0.4) is 0 Å². The molecular weight excluding hydrogens is 288 g/mol. The predicted octanol–water partition coefficient (Wildman–Crippen LogP) is 1.88. The van der Waals surface area contributed by atoms with E-state index in [9.17, 15) is 13.2 Å². The van der Waals surface area contributed by atoms with E-state index in [-0.39, 0.29) is 6.04 Å². The number of nitrogens with zero attached hydrogens (tertiary/aromatic N) is 2. The van der Waals surface area contributed by atoms with Gasteiger partial charge in [0.15, 0.2) is 0 Å². The van der Waals surface area contributed by atoms with E-state index in [4.69, 9.17) is 0 Å². The van der Waals surface area contributed by atoms with Crippen molar-refractivity contribution in [3.63, 3.8) is 0 Å². The number of Topliss-reactive ketones (excluding diaryl/α,β-unsaturated/α-hetero) is 1. The topological polar surface area (TPSA) is 57.7 Å². The van der Waals surface area contributed by atoms with Crippen LogP contribution in [0.2, 0.25) is 0 Å². The highest BCUT2D eigenvalue weighted by atomic mass is 32.2. The molecule has 0 atom stereocenters. The Hall–Kier alpha value is -1.40. The van der Waals surface area contributed by atoms with E-state index in [0.717, 1.165) is 12.8 Å². The van der Waals surface area contributed by atoms with Crippen molar-refractivity contribution in [1.29, 1.82) is 0 Å². The summed E-state index contributed by atoms with van der Waals surface area (Å²) in [5.41, 5.74) is 0.700. The molecule has 0 heterocycles. The van der Waals surface area contributed by atoms with Crippen molar-refractivity contribution in [3.05, 3.63) is 24.3 Å². The molecule has 0 aromatic heterocycles. The van der Waals surface area contributed by atoms with Gasteiger partial charge < -0.3 is 4.90 Å². The van der Waals surface area contributed by atoms with Gasteiger partial charge in [-0.3, -0.25) is 4.79 Å². The van der Waals surface area contributed by atoms with E-state index < -0.39 is 10.0 Å². The summed E-state index contributed by atoms with van der Waals surface area (Å²) < 4.78 is 26.1. The summed E-state index contributed by atoms with van der Waals surface area (Å²) in [4.78, 5) is 13.7. The molecule has 1 aliphatic rings. The SMILES string of the molecule is CN(c1ccccc1S(=O)(=O)N(C)C)C1CCC(=O)CC1. The third kappa shape index (κ3) is 3.27. The molecule has 0 aliphatic heterocycles. The lowest BCUT2D eigenvalue weighted by Crippen LogP contribution is -2.36. The van der Waals surface area contributed by atoms with Gasteiger partial charge in [0, 0.05) is 40.0 Å². The zero-order chi connectivity index (χ0) is 15.6. The Morgan fingerprint density at radius 2 is 1.62 bits per heavy atom. The van der Waals surface area contributed by atoms with Crippen molar-refractivity contribution in [1.82, 2.24) is 4.31 Å². The molecule has 0 radical (unpaired) electrons. The lowest BCUT2D eigenvalue weighted by molar-refractivity contribution is -0.120. The Labute approximate surface area is 126 Å². The second-order valence-electron chi connectivity index (χ2n) is 5.64. The van der Waals surface area contributed by atoms with Gasteiger partial charge in [0.1, 0.15) is 10.7 Å². The number of benzene rings is 1. The van der Waals surface area contributed by atoms with E-state index >= 15 is 0 Å². The summed E-state index contributed by atoms with van der Waals surface area (Å²) >= 11 is 0. The van der Waals surface area contributed by atoms with Crippen molar-refractivity contribution in [2.75, 3.05) is 26.0 Å². The third-order valence-electron chi connectivity index (χ3n) is 4.06. The molecular formula is C15H22N2O3S. The second kappa shape index (κ2) is 6.15. The lowest BCUT2D eigenvalue weighted by Gasteiger charge is -2.33. The van der Waals surface area contributed by atoms with Gasteiger partial charge in [-0.2, -0.15) is 0 Å². The lowest BCUT2D eigenvalue weighted by atomic mass is 9.93. The first-order valence-corrected chi connectivity index (χ1v) is 8.54. The van der Waals surface area contributed by atoms with Crippen LogP contribution in [0.15, 0.2) is 29.2 Å². The molecule has 0 bridgehead atoms. The van der Waals surface area contributed by atoms with Crippen LogP contribution in [-0.2, 0) is 14.8 Å². The van der Waals surface area contributed by atoms with Crippen LogP contribution in [0.5, 0.6) is 0 Å². The molecule has 2 rings (SSSR count). The molecule has 116 valence electrons. The first kappa shape index (κ1) is 16.0. The summed E-state index contributed by atoms with van der Waals surface area (Å²) in [6.45, 7) is 0. The number of carbonyl (C=O) groups excluding carboxylic acids is 1. The highest BCUT2D eigenvalue weighted by molar-refractivity contribution is 7.89. The fourth-order valence-corrected chi connectivity index (χ4v) is 3.79. The zero-order valence-corrected chi connectivity index (χ0v) is 13.6. The van der Waals surface area contributed by atoms with E-state index in [1.807, 2.05) is 24.1 Å². The monoisotopic (exact) mass is 310 g/mol. The van der Waals surface area contributed by atoms with E-state index in [1.54, 1.807) is 12.1 Å². The maximum atomic E-state index is 12.4. The average Bonchev–Trinajstić information content (AvgIpc) is 2.47. The van der Waals surface area contributed by atoms with Gasteiger partial charge in [0.2, 0.25) is 10.0 Å². The first-order chi connectivity index (χ1) is 9.84. The molecule has 1 aromatic rings. The summed E-state index contributed by atoms with van der Waals surface area (Å²) in [6.07, 6.45) is 2.73. The van der Waals surface area contributed by atoms with Crippen molar-refractivity contribution in [2.24, 2.45) is 0 Å². The van der Waals surface area contributed by atoms with E-state index in [2.05, 4.69) is 0 Å². The molecule has 0 N–H and O–H groups in total. The fraction of sp³-hybridized carbons (Fsp3) is 0.533. The number of hydrogen-bond donors (Lipinski definition) is 0. The van der Waals surface area contributed by atoms with Crippen LogP contribution in [-0.4, -0.2) is 45.7 Å². The Morgan fingerprint density at radius 1 is 1.05 bits per heavy atom. The minimum absolute atomic E-state index is 0.209. The molecule has 0 saturated heterocycles. The number of ketones is 1. The molecule has 1 fully saturated rings. The second-order valence-corrected chi connectivity index (χ2v) is 7.76. The number of hydrogen-bond acceptors (Lipinski definition) is 4. The standard InChI is InChI=1S/C15H22N2O3S/c1-16(2)21(19,20)15-7-5-4-6-14(15)17(3)12-8-10-13(18)11-9-12/h4-7,12H,8-11H2,1-3H3. The number of rotatable bonds is 4. The summed E-state index contributed by atoms with van der Waals surface area (Å²) in [7, 11) is 1.50. The fourth-order valence-electron chi connectivity index (χ4n) is 2.67. The highest BCUT2D eigenvalue weighted by Gasteiger charge is 2.27. The maximum absolute atomic E-state index is 12.4. The van der Waals surface area contributed by atoms with Crippen molar-refractivity contribution >= 4 is 21.5 Å². The quantitative estimate of drug-likeness (QED) is 0.852. The molecule has 1 saturated carbocycles. The van der Waals surface area contributed by atoms with Gasteiger partial charge in [0.05, 0.1) is 5.69 Å². The van der Waals surface area contributed by atoms with Crippen LogP contribution in [0, 0.1) is 0 Å². The minimum Gasteiger partial charge on any atom is -0.370 e. The van der Waals surface area contributed by atoms with Gasteiger partial charge >= 0.3 is 0 Å². The molecule has 0 amide bonds. The van der Waals surface area contributed by atoms with Crippen LogP contribution in [0.1, 0.15) is 25.7 Å². The Bertz CT molecular complexity index is 616. The smallest absolute Gasteiger partial charge is 0.244 e. The van der Waals surface area contributed by atoms with Gasteiger partial charge in [-0.15, -0.1) is 0 Å². The molecule has 6 heteroatoms. The van der Waals surface area contributed by atoms with Crippen LogP contribution in [0.4, 0.5) is 5.69 Å². The van der Waals surface area contributed by atoms with Crippen LogP contribution in [0.25, 0.3) is 0 Å². The Balaban J connectivity index is 2.34. The molecule has 5 nitrogen and oxygen atoms in total. The number of para-hydroxylation sites is 1. The molecule has 1 aliphatic carbocycles. The van der Waals surface area contributed by atoms with Crippen molar-refractivity contribution in [2.45, 2.75) is 36.6 Å². The summed E-state index contributed by atoms with van der Waals surface area (Å²) in [6, 6.07) is 7.25. The third-order valence-corrected chi connectivity index (χ3v) is 5.93. The minimum atomic E-state index is -3.48. The maximum Gasteiger partial charge on any atom is 0.244 e. The van der Waals surface area contributed by atoms with E-state index in [0.29, 0.717) is 29.2 Å². The number of anilines is 1. The number of sulfonamides is 1. The molecule has 0 unspecified atom stereocenters. The Kier molecular flexibility index (Phi) is 4.68. The van der Waals surface area contributed by atoms with Crippen LogP contribution >= 0.6 is 0 Å². The summed E-state index contributed by atoms with van der Waals surface area (Å²) in [5, 5.41) is 0. The molecule has 1 aromatic carbocycles. The largest absolute Gasteiger partial charge is 0.370 e. The summed E-state index contributed by atoms with van der Waals surface area (Å²) in [5.74, 6) is 0.300. The number of carbonyl (C=O) groups is 1. The predicted molar refractivity (Wildman–Crippen MR) is 83.0 cm³/mol. The Morgan fingerprint density at radius 3 is 2.19 bits per heavy atom. The highest BCUT2D eigenvalue weighted by Crippen LogP contribution is 2.30. The van der Waals surface area contributed by atoms with Crippen LogP contribution < -0.4 is 4.90 Å². The molecule has 0 spiro atoms. The van der Waals surface area contributed by atoms with Crippen molar-refractivity contribution in [3.8, 4) is 0 Å².